The van der Waals surface area contributed by atoms with Crippen LogP contribution in [0.3, 0.4) is 0 Å². The lowest BCUT2D eigenvalue weighted by molar-refractivity contribution is -0.120. The van der Waals surface area contributed by atoms with E-state index in [0.717, 1.165) is 0 Å². The summed E-state index contributed by atoms with van der Waals surface area (Å²) in [7, 11) is 1.56. The van der Waals surface area contributed by atoms with Crippen LogP contribution in [0.5, 0.6) is 5.75 Å². The molecule has 0 saturated carbocycles. The average Bonchev–Trinajstić information content (AvgIpc) is 2.60. The number of carbonyl (C=O) groups is 2. The molecule has 0 atom stereocenters. The van der Waals surface area contributed by atoms with Gasteiger partial charge in [-0.1, -0.05) is 12.1 Å². The van der Waals surface area contributed by atoms with E-state index in [4.69, 9.17) is 10.00 Å². The molecule has 2 aromatic rings. The maximum atomic E-state index is 12.2. The van der Waals surface area contributed by atoms with E-state index in [9.17, 15) is 9.59 Å². The minimum atomic E-state index is -0.358. The van der Waals surface area contributed by atoms with Crippen molar-refractivity contribution in [1.82, 2.24) is 0 Å². The van der Waals surface area contributed by atoms with E-state index in [-0.39, 0.29) is 18.4 Å². The van der Waals surface area contributed by atoms with Crippen molar-refractivity contribution in [2.75, 3.05) is 23.9 Å². The van der Waals surface area contributed by atoms with Gasteiger partial charge in [0.05, 0.1) is 18.4 Å². The van der Waals surface area contributed by atoms with Gasteiger partial charge in [-0.15, -0.1) is 0 Å². The molecule has 0 radical (unpaired) electrons. The molecule has 0 saturated heterocycles. The normalized spacial score (nSPS) is 9.71. The summed E-state index contributed by atoms with van der Waals surface area (Å²) in [5.41, 5.74) is 1.35. The maximum absolute atomic E-state index is 12.2. The Morgan fingerprint density at radius 1 is 1.17 bits per heavy atom. The highest BCUT2D eigenvalue weighted by Crippen LogP contribution is 2.20. The Labute approximate surface area is 140 Å². The molecule has 0 spiro atoms. The summed E-state index contributed by atoms with van der Waals surface area (Å²) in [6.45, 7) is 1.18. The first-order valence-corrected chi connectivity index (χ1v) is 7.26. The largest absolute Gasteiger partial charge is 0.497 e. The summed E-state index contributed by atoms with van der Waals surface area (Å²) in [5, 5.41) is 11.9. The third-order valence-corrected chi connectivity index (χ3v) is 3.37. The molecule has 2 rings (SSSR count). The number of benzene rings is 2. The summed E-state index contributed by atoms with van der Waals surface area (Å²) < 4.78 is 5.06. The van der Waals surface area contributed by atoms with Gasteiger partial charge in [0.1, 0.15) is 18.4 Å². The van der Waals surface area contributed by atoms with Gasteiger partial charge in [-0.2, -0.15) is 5.26 Å². The SMILES string of the molecule is COc1ccc(NC(=O)CN(C(C)=O)c2ccccc2C#N)cc1. The number of rotatable bonds is 5. The van der Waals surface area contributed by atoms with E-state index in [1.54, 1.807) is 55.6 Å². The van der Waals surface area contributed by atoms with Crippen LogP contribution in [0.2, 0.25) is 0 Å². The van der Waals surface area contributed by atoms with Crippen LogP contribution in [0, 0.1) is 11.3 Å². The lowest BCUT2D eigenvalue weighted by atomic mass is 10.1. The lowest BCUT2D eigenvalue weighted by Crippen LogP contribution is -2.37. The van der Waals surface area contributed by atoms with Crippen molar-refractivity contribution in [1.29, 1.82) is 5.26 Å². The minimum absolute atomic E-state index is 0.181. The van der Waals surface area contributed by atoms with Gasteiger partial charge in [0, 0.05) is 12.6 Å². The molecule has 1 N–H and O–H groups in total. The summed E-state index contributed by atoms with van der Waals surface area (Å²) in [6, 6.07) is 15.6. The summed E-state index contributed by atoms with van der Waals surface area (Å²) in [6.07, 6.45) is 0. The second kappa shape index (κ2) is 7.79. The number of amides is 2. The number of para-hydroxylation sites is 1. The van der Waals surface area contributed by atoms with Crippen LogP contribution in [-0.4, -0.2) is 25.5 Å². The molecule has 6 nitrogen and oxygen atoms in total. The van der Waals surface area contributed by atoms with Gasteiger partial charge in [-0.05, 0) is 36.4 Å². The minimum Gasteiger partial charge on any atom is -0.497 e. The van der Waals surface area contributed by atoms with E-state index in [0.29, 0.717) is 22.7 Å². The predicted octanol–water partition coefficient (Wildman–Crippen LogP) is 2.56. The predicted molar refractivity (Wildman–Crippen MR) is 90.8 cm³/mol. The average molecular weight is 323 g/mol. The Morgan fingerprint density at radius 3 is 2.42 bits per heavy atom. The van der Waals surface area contributed by atoms with Crippen LogP contribution in [0.1, 0.15) is 12.5 Å². The number of nitrogens with zero attached hydrogens (tertiary/aromatic N) is 2. The molecule has 0 aromatic heterocycles. The number of nitriles is 1. The molecule has 24 heavy (non-hydrogen) atoms. The second-order valence-corrected chi connectivity index (χ2v) is 5.01. The molecule has 2 aromatic carbocycles. The van der Waals surface area contributed by atoms with Gasteiger partial charge in [-0.3, -0.25) is 9.59 Å². The molecule has 0 aliphatic heterocycles. The number of ether oxygens (including phenoxy) is 1. The fourth-order valence-electron chi connectivity index (χ4n) is 2.19. The molecule has 0 unspecified atom stereocenters. The number of methoxy groups -OCH3 is 1. The fourth-order valence-corrected chi connectivity index (χ4v) is 2.19. The van der Waals surface area contributed by atoms with Crippen LogP contribution >= 0.6 is 0 Å². The first-order valence-electron chi connectivity index (χ1n) is 7.26. The molecule has 2 amide bonds. The monoisotopic (exact) mass is 323 g/mol. The number of nitrogens with one attached hydrogen (secondary N) is 1. The van der Waals surface area contributed by atoms with Gasteiger partial charge in [0.15, 0.2) is 0 Å². The molecular weight excluding hydrogens is 306 g/mol. The zero-order valence-corrected chi connectivity index (χ0v) is 13.4. The lowest BCUT2D eigenvalue weighted by Gasteiger charge is -2.21. The topological polar surface area (TPSA) is 82.4 Å². The Kier molecular flexibility index (Phi) is 5.53. The molecule has 6 heteroatoms. The third-order valence-electron chi connectivity index (χ3n) is 3.37. The van der Waals surface area contributed by atoms with Crippen molar-refractivity contribution in [2.24, 2.45) is 0 Å². The van der Waals surface area contributed by atoms with E-state index in [1.165, 1.54) is 11.8 Å². The Bertz CT molecular complexity index is 779. The van der Waals surface area contributed by atoms with Gasteiger partial charge in [0.2, 0.25) is 11.8 Å². The van der Waals surface area contributed by atoms with Crippen molar-refractivity contribution < 1.29 is 14.3 Å². The molecule has 0 heterocycles. The molecule has 0 bridgehead atoms. The quantitative estimate of drug-likeness (QED) is 0.916. The molecule has 0 fully saturated rings. The highest BCUT2D eigenvalue weighted by molar-refractivity contribution is 6.02. The fraction of sp³-hybridized carbons (Fsp3) is 0.167. The van der Waals surface area contributed by atoms with Crippen molar-refractivity contribution in [3.05, 3.63) is 54.1 Å². The zero-order chi connectivity index (χ0) is 17.5. The van der Waals surface area contributed by atoms with Crippen LogP contribution in [0.25, 0.3) is 0 Å². The van der Waals surface area contributed by atoms with Crippen LogP contribution < -0.4 is 15.0 Å². The highest BCUT2D eigenvalue weighted by Gasteiger charge is 2.18. The van der Waals surface area contributed by atoms with Crippen molar-refractivity contribution in [3.63, 3.8) is 0 Å². The van der Waals surface area contributed by atoms with Crippen molar-refractivity contribution >= 4 is 23.2 Å². The van der Waals surface area contributed by atoms with E-state index < -0.39 is 0 Å². The number of anilines is 2. The number of hydrogen-bond donors (Lipinski definition) is 1. The van der Waals surface area contributed by atoms with Gasteiger partial charge >= 0.3 is 0 Å². The van der Waals surface area contributed by atoms with Crippen molar-refractivity contribution in [2.45, 2.75) is 6.92 Å². The first kappa shape index (κ1) is 17.0. The van der Waals surface area contributed by atoms with E-state index in [2.05, 4.69) is 5.32 Å². The summed E-state index contributed by atoms with van der Waals surface area (Å²) >= 11 is 0. The third kappa shape index (κ3) is 4.11. The molecular formula is C18H17N3O3. The van der Waals surface area contributed by atoms with E-state index in [1.807, 2.05) is 6.07 Å². The number of hydrogen-bond acceptors (Lipinski definition) is 4. The highest BCUT2D eigenvalue weighted by atomic mass is 16.5. The second-order valence-electron chi connectivity index (χ2n) is 5.01. The van der Waals surface area contributed by atoms with Gasteiger partial charge in [-0.25, -0.2) is 0 Å². The summed E-state index contributed by atoms with van der Waals surface area (Å²) in [4.78, 5) is 25.4. The molecule has 0 aliphatic rings. The Morgan fingerprint density at radius 2 is 1.83 bits per heavy atom. The Hall–Kier alpha value is -3.33. The Balaban J connectivity index is 2.14. The smallest absolute Gasteiger partial charge is 0.244 e. The molecule has 122 valence electrons. The van der Waals surface area contributed by atoms with Gasteiger partial charge < -0.3 is 15.0 Å². The zero-order valence-electron chi connectivity index (χ0n) is 13.4. The standard InChI is InChI=1S/C18H17N3O3/c1-13(22)21(17-6-4-3-5-14(17)11-19)12-18(23)20-15-7-9-16(24-2)10-8-15/h3-10H,12H2,1-2H3,(H,20,23). The van der Waals surface area contributed by atoms with E-state index >= 15 is 0 Å². The van der Waals surface area contributed by atoms with Crippen LogP contribution in [0.4, 0.5) is 11.4 Å². The number of carbonyl (C=O) groups excluding carboxylic acids is 2. The van der Waals surface area contributed by atoms with Crippen molar-refractivity contribution in [3.8, 4) is 11.8 Å². The maximum Gasteiger partial charge on any atom is 0.244 e. The van der Waals surface area contributed by atoms with Crippen LogP contribution in [-0.2, 0) is 9.59 Å². The summed E-state index contributed by atoms with van der Waals surface area (Å²) in [5.74, 6) is 0.00648. The molecule has 0 aliphatic carbocycles. The first-order chi connectivity index (χ1) is 11.5. The van der Waals surface area contributed by atoms with Crippen LogP contribution in [0.15, 0.2) is 48.5 Å². The van der Waals surface area contributed by atoms with Gasteiger partial charge in [0.25, 0.3) is 0 Å².